The molecule has 0 spiro atoms. The molecule has 0 fully saturated rings. The summed E-state index contributed by atoms with van der Waals surface area (Å²) in [7, 11) is 1.92. The van der Waals surface area contributed by atoms with Crippen molar-refractivity contribution < 1.29 is 4.42 Å². The van der Waals surface area contributed by atoms with Gasteiger partial charge in [-0.15, -0.1) is 0 Å². The van der Waals surface area contributed by atoms with Gasteiger partial charge in [-0.05, 0) is 18.6 Å². The molecule has 4 nitrogen and oxygen atoms in total. The summed E-state index contributed by atoms with van der Waals surface area (Å²) < 4.78 is 7.22. The topological polar surface area (TPSA) is 57.0 Å². The molecule has 0 bridgehead atoms. The maximum Gasteiger partial charge on any atom is 0.133 e. The number of hydrogen-bond donors (Lipinski definition) is 1. The third kappa shape index (κ3) is 1.33. The van der Waals surface area contributed by atoms with Crippen LogP contribution in [0.15, 0.2) is 29.1 Å². The molecule has 2 N–H and O–H groups in total. The van der Waals surface area contributed by atoms with E-state index in [1.807, 2.05) is 30.8 Å². The zero-order valence-electron chi connectivity index (χ0n) is 8.27. The fraction of sp³-hybridized carbons (Fsp3) is 0.300. The number of aryl methyl sites for hydroxylation is 2. The first-order valence-electron chi connectivity index (χ1n) is 4.47. The summed E-state index contributed by atoms with van der Waals surface area (Å²) in [6.07, 6.45) is 5.24. The van der Waals surface area contributed by atoms with Gasteiger partial charge in [0.1, 0.15) is 17.6 Å². The number of rotatable bonds is 2. The number of hydrogen-bond acceptors (Lipinski definition) is 3. The zero-order chi connectivity index (χ0) is 10.1. The first-order valence-corrected chi connectivity index (χ1v) is 4.47. The summed E-state index contributed by atoms with van der Waals surface area (Å²) in [4.78, 5) is 4.19. The van der Waals surface area contributed by atoms with Gasteiger partial charge in [0.15, 0.2) is 0 Å². The number of furan rings is 1. The van der Waals surface area contributed by atoms with Gasteiger partial charge >= 0.3 is 0 Å². The summed E-state index contributed by atoms with van der Waals surface area (Å²) in [5.41, 5.74) is 7.09. The van der Waals surface area contributed by atoms with E-state index in [2.05, 4.69) is 4.98 Å². The SMILES string of the molecule is Cc1ccoc1C(N)c1nccn1C. The van der Waals surface area contributed by atoms with Crippen LogP contribution in [0.1, 0.15) is 23.2 Å². The summed E-state index contributed by atoms with van der Waals surface area (Å²) in [5, 5.41) is 0. The molecule has 14 heavy (non-hydrogen) atoms. The van der Waals surface area contributed by atoms with Crippen molar-refractivity contribution in [1.29, 1.82) is 0 Å². The molecule has 1 atom stereocenters. The molecule has 0 amide bonds. The molecular formula is C10H13N3O. The first-order chi connectivity index (χ1) is 6.70. The van der Waals surface area contributed by atoms with Crippen molar-refractivity contribution in [2.45, 2.75) is 13.0 Å². The molecule has 0 aliphatic carbocycles. The molecule has 1 unspecified atom stereocenters. The number of nitrogens with two attached hydrogens (primary N) is 1. The maximum atomic E-state index is 6.03. The number of imidazole rings is 1. The van der Waals surface area contributed by atoms with Crippen LogP contribution in [0.4, 0.5) is 0 Å². The highest BCUT2D eigenvalue weighted by Gasteiger charge is 2.17. The van der Waals surface area contributed by atoms with Gasteiger partial charge in [-0.25, -0.2) is 4.98 Å². The van der Waals surface area contributed by atoms with Crippen molar-refractivity contribution in [2.24, 2.45) is 12.8 Å². The monoisotopic (exact) mass is 191 g/mol. The summed E-state index contributed by atoms with van der Waals surface area (Å²) in [5.74, 6) is 1.59. The van der Waals surface area contributed by atoms with E-state index in [0.29, 0.717) is 0 Å². The molecule has 0 aromatic carbocycles. The van der Waals surface area contributed by atoms with Gasteiger partial charge in [0.2, 0.25) is 0 Å². The second kappa shape index (κ2) is 3.31. The van der Waals surface area contributed by atoms with E-state index in [9.17, 15) is 0 Å². The van der Waals surface area contributed by atoms with Crippen LogP contribution in [0, 0.1) is 6.92 Å². The van der Waals surface area contributed by atoms with E-state index >= 15 is 0 Å². The molecule has 0 saturated heterocycles. The molecule has 0 aliphatic heterocycles. The fourth-order valence-corrected chi connectivity index (χ4v) is 1.50. The molecule has 0 aliphatic rings. The van der Waals surface area contributed by atoms with Crippen LogP contribution in [-0.4, -0.2) is 9.55 Å². The minimum Gasteiger partial charge on any atom is -0.467 e. The van der Waals surface area contributed by atoms with Gasteiger partial charge in [0.25, 0.3) is 0 Å². The normalized spacial score (nSPS) is 13.1. The van der Waals surface area contributed by atoms with E-state index in [1.54, 1.807) is 12.5 Å². The number of aromatic nitrogens is 2. The Bertz CT molecular complexity index is 390. The van der Waals surface area contributed by atoms with Crippen molar-refractivity contribution >= 4 is 0 Å². The average molecular weight is 191 g/mol. The predicted molar refractivity (Wildman–Crippen MR) is 52.7 cm³/mol. The molecule has 2 aromatic heterocycles. The van der Waals surface area contributed by atoms with Crippen LogP contribution < -0.4 is 5.73 Å². The minimum atomic E-state index is -0.287. The lowest BCUT2D eigenvalue weighted by atomic mass is 10.1. The molecular weight excluding hydrogens is 178 g/mol. The van der Waals surface area contributed by atoms with Crippen molar-refractivity contribution in [1.82, 2.24) is 9.55 Å². The van der Waals surface area contributed by atoms with E-state index in [1.165, 1.54) is 0 Å². The molecule has 2 heterocycles. The smallest absolute Gasteiger partial charge is 0.133 e. The Labute approximate surface area is 82.4 Å². The minimum absolute atomic E-state index is 0.287. The first kappa shape index (κ1) is 9.02. The Morgan fingerprint density at radius 3 is 2.86 bits per heavy atom. The van der Waals surface area contributed by atoms with Gasteiger partial charge in [-0.2, -0.15) is 0 Å². The number of nitrogens with zero attached hydrogens (tertiary/aromatic N) is 2. The predicted octanol–water partition coefficient (Wildman–Crippen LogP) is 1.37. The fourth-order valence-electron chi connectivity index (χ4n) is 1.50. The highest BCUT2D eigenvalue weighted by atomic mass is 16.3. The van der Waals surface area contributed by atoms with Gasteiger partial charge in [-0.3, -0.25) is 0 Å². The Hall–Kier alpha value is -1.55. The second-order valence-corrected chi connectivity index (χ2v) is 3.34. The lowest BCUT2D eigenvalue weighted by Gasteiger charge is -2.09. The average Bonchev–Trinajstić information content (AvgIpc) is 2.73. The van der Waals surface area contributed by atoms with E-state index in [0.717, 1.165) is 17.1 Å². The van der Waals surface area contributed by atoms with Crippen molar-refractivity contribution in [3.8, 4) is 0 Å². The molecule has 2 aromatic rings. The maximum absolute atomic E-state index is 6.03. The van der Waals surface area contributed by atoms with Gasteiger partial charge in [0.05, 0.1) is 6.26 Å². The second-order valence-electron chi connectivity index (χ2n) is 3.34. The van der Waals surface area contributed by atoms with Crippen LogP contribution in [0.2, 0.25) is 0 Å². The Morgan fingerprint density at radius 1 is 1.57 bits per heavy atom. The highest BCUT2D eigenvalue weighted by Crippen LogP contribution is 2.21. The van der Waals surface area contributed by atoms with Gasteiger partial charge in [0, 0.05) is 19.4 Å². The largest absolute Gasteiger partial charge is 0.467 e. The molecule has 0 radical (unpaired) electrons. The van der Waals surface area contributed by atoms with Crippen LogP contribution in [0.3, 0.4) is 0 Å². The van der Waals surface area contributed by atoms with Crippen LogP contribution in [0.5, 0.6) is 0 Å². The summed E-state index contributed by atoms with van der Waals surface area (Å²) in [6.45, 7) is 1.97. The van der Waals surface area contributed by atoms with Crippen molar-refractivity contribution in [3.05, 3.63) is 41.9 Å². The van der Waals surface area contributed by atoms with Gasteiger partial charge < -0.3 is 14.7 Å². The van der Waals surface area contributed by atoms with Crippen molar-refractivity contribution in [3.63, 3.8) is 0 Å². The Kier molecular flexibility index (Phi) is 2.13. The van der Waals surface area contributed by atoms with E-state index in [4.69, 9.17) is 10.2 Å². The van der Waals surface area contributed by atoms with E-state index < -0.39 is 0 Å². The third-order valence-corrected chi connectivity index (χ3v) is 2.32. The third-order valence-electron chi connectivity index (χ3n) is 2.32. The van der Waals surface area contributed by atoms with E-state index in [-0.39, 0.29) is 6.04 Å². The lowest BCUT2D eigenvalue weighted by molar-refractivity contribution is 0.475. The molecule has 4 heteroatoms. The van der Waals surface area contributed by atoms with Gasteiger partial charge in [-0.1, -0.05) is 0 Å². The van der Waals surface area contributed by atoms with Crippen molar-refractivity contribution in [2.75, 3.05) is 0 Å². The van der Waals surface area contributed by atoms with Crippen LogP contribution >= 0.6 is 0 Å². The Balaban J connectivity index is 2.38. The molecule has 74 valence electrons. The quantitative estimate of drug-likeness (QED) is 0.780. The Morgan fingerprint density at radius 2 is 2.36 bits per heavy atom. The van der Waals surface area contributed by atoms with Crippen LogP contribution in [0.25, 0.3) is 0 Å². The lowest BCUT2D eigenvalue weighted by Crippen LogP contribution is -2.16. The molecule has 2 rings (SSSR count). The summed E-state index contributed by atoms with van der Waals surface area (Å²) >= 11 is 0. The highest BCUT2D eigenvalue weighted by molar-refractivity contribution is 5.23. The summed E-state index contributed by atoms with van der Waals surface area (Å²) in [6, 6.07) is 1.61. The van der Waals surface area contributed by atoms with Crippen LogP contribution in [-0.2, 0) is 7.05 Å². The molecule has 0 saturated carbocycles. The standard InChI is InChI=1S/C10H13N3O/c1-7-3-6-14-9(7)8(11)10-12-4-5-13(10)2/h3-6,8H,11H2,1-2H3. The zero-order valence-corrected chi connectivity index (χ0v) is 8.27.